The SMILES string of the molecule is COc1cc(-c2cc(-c3ccc(CNC(C)=O)cc3)no2)cc(OC)c1O. The number of nitrogens with zero attached hydrogens (tertiary/aromatic N) is 1. The highest BCUT2D eigenvalue weighted by Crippen LogP contribution is 2.40. The summed E-state index contributed by atoms with van der Waals surface area (Å²) in [5, 5.41) is 16.9. The van der Waals surface area contributed by atoms with Crippen molar-refractivity contribution in [1.82, 2.24) is 10.5 Å². The van der Waals surface area contributed by atoms with Gasteiger partial charge in [0, 0.05) is 30.7 Å². The summed E-state index contributed by atoms with van der Waals surface area (Å²) < 4.78 is 15.8. The summed E-state index contributed by atoms with van der Waals surface area (Å²) in [5.74, 6) is 0.941. The molecule has 7 nitrogen and oxygen atoms in total. The van der Waals surface area contributed by atoms with Crippen LogP contribution in [0.15, 0.2) is 47.0 Å². The molecule has 0 saturated carbocycles. The van der Waals surface area contributed by atoms with E-state index in [0.29, 0.717) is 23.6 Å². The van der Waals surface area contributed by atoms with Crippen LogP contribution in [0.2, 0.25) is 0 Å². The highest BCUT2D eigenvalue weighted by Gasteiger charge is 2.16. The van der Waals surface area contributed by atoms with Crippen molar-refractivity contribution in [3.8, 4) is 39.8 Å². The molecular weight excluding hydrogens is 348 g/mol. The molecule has 3 rings (SSSR count). The number of benzene rings is 2. The molecule has 2 aromatic carbocycles. The lowest BCUT2D eigenvalue weighted by Crippen LogP contribution is -2.18. The maximum atomic E-state index is 11.0. The van der Waals surface area contributed by atoms with Crippen LogP contribution in [0.1, 0.15) is 12.5 Å². The van der Waals surface area contributed by atoms with E-state index in [9.17, 15) is 9.90 Å². The van der Waals surface area contributed by atoms with Gasteiger partial charge in [-0.25, -0.2) is 0 Å². The predicted molar refractivity (Wildman–Crippen MR) is 99.7 cm³/mol. The standard InChI is InChI=1S/C20H20N2O5/c1-12(23)21-11-13-4-6-14(7-5-13)16-10-17(27-22-16)15-8-18(25-2)20(24)19(9-15)26-3/h4-10,24H,11H2,1-3H3,(H,21,23). The van der Waals surface area contributed by atoms with Gasteiger partial charge in [-0.15, -0.1) is 0 Å². The lowest BCUT2D eigenvalue weighted by Gasteiger charge is -2.09. The number of hydrogen-bond acceptors (Lipinski definition) is 6. The minimum atomic E-state index is -0.0711. The van der Waals surface area contributed by atoms with E-state index >= 15 is 0 Å². The molecule has 1 amide bonds. The molecule has 1 heterocycles. The molecule has 1 aromatic heterocycles. The molecule has 27 heavy (non-hydrogen) atoms. The zero-order chi connectivity index (χ0) is 19.4. The summed E-state index contributed by atoms with van der Waals surface area (Å²) in [6.45, 7) is 1.96. The van der Waals surface area contributed by atoms with E-state index in [1.165, 1.54) is 21.1 Å². The maximum absolute atomic E-state index is 11.0. The fraction of sp³-hybridized carbons (Fsp3) is 0.200. The Morgan fingerprint density at radius 1 is 1.07 bits per heavy atom. The Balaban J connectivity index is 1.86. The average molecular weight is 368 g/mol. The molecule has 0 aliphatic carbocycles. The number of carbonyl (C=O) groups excluding carboxylic acids is 1. The summed E-state index contributed by atoms with van der Waals surface area (Å²) in [4.78, 5) is 11.0. The zero-order valence-corrected chi connectivity index (χ0v) is 15.3. The van der Waals surface area contributed by atoms with Gasteiger partial charge in [-0.2, -0.15) is 0 Å². The van der Waals surface area contributed by atoms with Crippen LogP contribution in [-0.4, -0.2) is 30.4 Å². The summed E-state index contributed by atoms with van der Waals surface area (Å²) in [5.41, 5.74) is 3.21. The molecule has 2 N–H and O–H groups in total. The molecule has 0 aliphatic heterocycles. The first-order valence-corrected chi connectivity index (χ1v) is 8.27. The topological polar surface area (TPSA) is 93.8 Å². The van der Waals surface area contributed by atoms with Crippen molar-refractivity contribution in [3.63, 3.8) is 0 Å². The van der Waals surface area contributed by atoms with Crippen LogP contribution >= 0.6 is 0 Å². The molecule has 0 saturated heterocycles. The Hall–Kier alpha value is -3.48. The first-order chi connectivity index (χ1) is 13.0. The highest BCUT2D eigenvalue weighted by atomic mass is 16.5. The van der Waals surface area contributed by atoms with E-state index in [2.05, 4.69) is 10.5 Å². The summed E-state index contributed by atoms with van der Waals surface area (Å²) in [7, 11) is 2.93. The quantitative estimate of drug-likeness (QED) is 0.693. The molecule has 7 heteroatoms. The van der Waals surface area contributed by atoms with Crippen LogP contribution in [0.4, 0.5) is 0 Å². The van der Waals surface area contributed by atoms with E-state index < -0.39 is 0 Å². The van der Waals surface area contributed by atoms with Crippen molar-refractivity contribution in [3.05, 3.63) is 48.0 Å². The van der Waals surface area contributed by atoms with Gasteiger partial charge in [-0.1, -0.05) is 29.4 Å². The van der Waals surface area contributed by atoms with E-state index in [0.717, 1.165) is 11.1 Å². The number of hydrogen-bond donors (Lipinski definition) is 2. The third-order valence-electron chi connectivity index (χ3n) is 4.07. The fourth-order valence-corrected chi connectivity index (χ4v) is 2.60. The summed E-state index contributed by atoms with van der Waals surface area (Å²) >= 11 is 0. The first-order valence-electron chi connectivity index (χ1n) is 8.27. The van der Waals surface area contributed by atoms with E-state index in [1.54, 1.807) is 18.2 Å². The fourth-order valence-electron chi connectivity index (χ4n) is 2.60. The van der Waals surface area contributed by atoms with Gasteiger partial charge >= 0.3 is 0 Å². The van der Waals surface area contributed by atoms with Gasteiger partial charge in [0.05, 0.1) is 14.2 Å². The number of phenolic OH excluding ortho intramolecular Hbond substituents is 1. The zero-order valence-electron chi connectivity index (χ0n) is 15.3. The van der Waals surface area contributed by atoms with E-state index in [1.807, 2.05) is 24.3 Å². The predicted octanol–water partition coefficient (Wildman–Crippen LogP) is 3.37. The molecule has 0 aliphatic rings. The van der Waals surface area contributed by atoms with Crippen molar-refractivity contribution in [2.24, 2.45) is 0 Å². The second-order valence-corrected chi connectivity index (χ2v) is 5.91. The molecule has 0 spiro atoms. The highest BCUT2D eigenvalue weighted by molar-refractivity contribution is 5.73. The smallest absolute Gasteiger partial charge is 0.217 e. The molecular formula is C20H20N2O5. The van der Waals surface area contributed by atoms with Crippen LogP contribution in [0.3, 0.4) is 0 Å². The molecule has 140 valence electrons. The van der Waals surface area contributed by atoms with Gasteiger partial charge in [0.25, 0.3) is 0 Å². The minimum absolute atomic E-state index is 0.0695. The third-order valence-corrected chi connectivity index (χ3v) is 4.07. The number of carbonyl (C=O) groups is 1. The minimum Gasteiger partial charge on any atom is -0.502 e. The lowest BCUT2D eigenvalue weighted by molar-refractivity contribution is -0.119. The van der Waals surface area contributed by atoms with Crippen LogP contribution < -0.4 is 14.8 Å². The molecule has 0 radical (unpaired) electrons. The lowest BCUT2D eigenvalue weighted by atomic mass is 10.1. The normalized spacial score (nSPS) is 10.5. The summed E-state index contributed by atoms with van der Waals surface area (Å²) in [6.07, 6.45) is 0. The van der Waals surface area contributed by atoms with Crippen LogP contribution in [0.5, 0.6) is 17.2 Å². The second-order valence-electron chi connectivity index (χ2n) is 5.91. The number of phenols is 1. The van der Waals surface area contributed by atoms with Gasteiger partial charge < -0.3 is 24.4 Å². The van der Waals surface area contributed by atoms with Crippen molar-refractivity contribution >= 4 is 5.91 Å². The number of nitrogens with one attached hydrogen (secondary N) is 1. The van der Waals surface area contributed by atoms with Gasteiger partial charge in [0.15, 0.2) is 17.3 Å². The summed E-state index contributed by atoms with van der Waals surface area (Å²) in [6, 6.07) is 12.8. The molecule has 0 bridgehead atoms. The van der Waals surface area contributed by atoms with Crippen LogP contribution in [0, 0.1) is 0 Å². The number of methoxy groups -OCH3 is 2. The number of rotatable bonds is 6. The van der Waals surface area contributed by atoms with Crippen LogP contribution in [0.25, 0.3) is 22.6 Å². The molecule has 0 unspecified atom stereocenters. The third kappa shape index (κ3) is 4.03. The maximum Gasteiger partial charge on any atom is 0.217 e. The first kappa shape index (κ1) is 18.3. The Morgan fingerprint density at radius 3 is 2.26 bits per heavy atom. The van der Waals surface area contributed by atoms with Crippen molar-refractivity contribution in [1.29, 1.82) is 0 Å². The van der Waals surface area contributed by atoms with Gasteiger partial charge in [-0.3, -0.25) is 4.79 Å². The Morgan fingerprint density at radius 2 is 1.70 bits per heavy atom. The Kier molecular flexibility index (Phi) is 5.30. The van der Waals surface area contributed by atoms with E-state index in [4.69, 9.17) is 14.0 Å². The van der Waals surface area contributed by atoms with Crippen molar-refractivity contribution in [2.45, 2.75) is 13.5 Å². The largest absolute Gasteiger partial charge is 0.502 e. The molecule has 0 fully saturated rings. The molecule has 0 atom stereocenters. The Labute approximate surface area is 156 Å². The number of ether oxygens (including phenoxy) is 2. The number of aromatic hydroxyl groups is 1. The number of amides is 1. The number of aromatic nitrogens is 1. The average Bonchev–Trinajstić information content (AvgIpc) is 3.17. The molecule has 3 aromatic rings. The monoisotopic (exact) mass is 368 g/mol. The van der Waals surface area contributed by atoms with Crippen molar-refractivity contribution < 1.29 is 23.9 Å². The van der Waals surface area contributed by atoms with Gasteiger partial charge in [0.2, 0.25) is 11.7 Å². The Bertz CT molecular complexity index is 922. The van der Waals surface area contributed by atoms with Crippen molar-refractivity contribution in [2.75, 3.05) is 14.2 Å². The van der Waals surface area contributed by atoms with Gasteiger partial charge in [0.1, 0.15) is 5.69 Å². The van der Waals surface area contributed by atoms with Gasteiger partial charge in [-0.05, 0) is 17.7 Å². The second kappa shape index (κ2) is 7.82. The van der Waals surface area contributed by atoms with Crippen LogP contribution in [-0.2, 0) is 11.3 Å². The van der Waals surface area contributed by atoms with E-state index in [-0.39, 0.29) is 23.2 Å².